The first kappa shape index (κ1) is 21.6. The summed E-state index contributed by atoms with van der Waals surface area (Å²) in [5.74, 6) is 3.82. The molecule has 0 aliphatic carbocycles. The molecule has 4 rings (SSSR count). The van der Waals surface area contributed by atoms with Crippen LogP contribution in [0.3, 0.4) is 0 Å². The minimum Gasteiger partial charge on any atom is -0.368 e. The number of piperidine rings is 1. The molecule has 2 fully saturated rings. The molecule has 8 heteroatoms. The molecule has 0 unspecified atom stereocenters. The van der Waals surface area contributed by atoms with E-state index >= 15 is 0 Å². The number of nitrogens with zero attached hydrogens (tertiary/aromatic N) is 5. The van der Waals surface area contributed by atoms with Gasteiger partial charge in [0.05, 0.1) is 0 Å². The van der Waals surface area contributed by atoms with Gasteiger partial charge in [0.2, 0.25) is 5.95 Å². The van der Waals surface area contributed by atoms with E-state index in [1.807, 2.05) is 0 Å². The third-order valence-electron chi connectivity index (χ3n) is 6.07. The number of aromatic nitrogens is 2. The predicted octanol–water partition coefficient (Wildman–Crippen LogP) is 3.20. The summed E-state index contributed by atoms with van der Waals surface area (Å²) < 4.78 is 0. The minimum atomic E-state index is 0.525. The molecule has 2 aliphatic heterocycles. The number of para-hydroxylation sites is 1. The summed E-state index contributed by atoms with van der Waals surface area (Å²) in [5, 5.41) is 6.62. The predicted molar refractivity (Wildman–Crippen MR) is 133 cm³/mol. The molecule has 31 heavy (non-hydrogen) atoms. The average Bonchev–Trinajstić information content (AvgIpc) is 2.79. The van der Waals surface area contributed by atoms with Gasteiger partial charge >= 0.3 is 0 Å². The molecule has 0 spiro atoms. The molecule has 1 aromatic carbocycles. The first-order chi connectivity index (χ1) is 15.0. The molecule has 0 radical (unpaired) electrons. The Morgan fingerprint density at radius 1 is 0.903 bits per heavy atom. The van der Waals surface area contributed by atoms with E-state index in [1.165, 1.54) is 12.1 Å². The quantitative estimate of drug-likeness (QED) is 0.705. The van der Waals surface area contributed by atoms with Crippen molar-refractivity contribution < 1.29 is 0 Å². The van der Waals surface area contributed by atoms with Crippen LogP contribution in [0.5, 0.6) is 0 Å². The zero-order valence-electron chi connectivity index (χ0n) is 18.7. The van der Waals surface area contributed by atoms with Crippen LogP contribution < -0.4 is 25.3 Å². The Kier molecular flexibility index (Phi) is 6.75. The zero-order valence-corrected chi connectivity index (χ0v) is 19.5. The highest BCUT2D eigenvalue weighted by Gasteiger charge is 2.25. The average molecular weight is 440 g/mol. The number of thiocarbonyl (C=S) groups is 1. The molecule has 0 bridgehead atoms. The summed E-state index contributed by atoms with van der Waals surface area (Å²) in [6.45, 7) is 10.5. The molecule has 166 valence electrons. The minimum absolute atomic E-state index is 0.525. The van der Waals surface area contributed by atoms with E-state index in [1.54, 1.807) is 7.05 Å². The number of rotatable bonds is 4. The summed E-state index contributed by atoms with van der Waals surface area (Å²) in [6.07, 6.45) is 1.27. The fourth-order valence-electron chi connectivity index (χ4n) is 4.65. The third-order valence-corrected chi connectivity index (χ3v) is 6.38. The smallest absolute Gasteiger partial charge is 0.232 e. The number of hydrogen-bond acceptors (Lipinski definition) is 6. The maximum atomic E-state index is 5.31. The highest BCUT2D eigenvalue weighted by atomic mass is 32.1. The van der Waals surface area contributed by atoms with E-state index in [9.17, 15) is 0 Å². The second-order valence-electron chi connectivity index (χ2n) is 8.77. The Bertz CT molecular complexity index is 873. The molecule has 3 heterocycles. The Labute approximate surface area is 190 Å². The van der Waals surface area contributed by atoms with Crippen LogP contribution in [0.1, 0.15) is 20.3 Å². The van der Waals surface area contributed by atoms with Crippen molar-refractivity contribution in [2.75, 3.05) is 66.3 Å². The normalized spacial score (nSPS) is 21.7. The van der Waals surface area contributed by atoms with Crippen molar-refractivity contribution in [1.29, 1.82) is 0 Å². The van der Waals surface area contributed by atoms with Crippen LogP contribution in [0.2, 0.25) is 0 Å². The van der Waals surface area contributed by atoms with E-state index in [0.717, 1.165) is 50.9 Å². The molecule has 2 saturated heterocycles. The highest BCUT2D eigenvalue weighted by molar-refractivity contribution is 7.80. The lowest BCUT2D eigenvalue weighted by molar-refractivity contribution is 0.355. The standard InChI is InChI=1S/C23H33N7S/c1-17-13-18(2)16-30(15-17)21-14-20(25-22(26-21)27-23(31)24-3)29-11-9-28(10-12-29)19-7-5-4-6-8-19/h4-8,14,17-18H,9-13,15-16H2,1-3H3,(H2,24,25,26,27,31)/t17-,18-/m1/s1. The van der Waals surface area contributed by atoms with Gasteiger partial charge in [-0.05, 0) is 42.6 Å². The fourth-order valence-corrected chi connectivity index (χ4v) is 4.74. The van der Waals surface area contributed by atoms with Gasteiger partial charge < -0.3 is 25.3 Å². The summed E-state index contributed by atoms with van der Waals surface area (Å²) in [4.78, 5) is 16.8. The molecule has 7 nitrogen and oxygen atoms in total. The third kappa shape index (κ3) is 5.36. The molecule has 2 N–H and O–H groups in total. The van der Waals surface area contributed by atoms with Crippen LogP contribution in [0.25, 0.3) is 0 Å². The van der Waals surface area contributed by atoms with Crippen LogP contribution in [-0.2, 0) is 0 Å². The first-order valence-corrected chi connectivity index (χ1v) is 11.6. The van der Waals surface area contributed by atoms with E-state index in [2.05, 4.69) is 75.6 Å². The van der Waals surface area contributed by atoms with Gasteiger partial charge in [-0.2, -0.15) is 9.97 Å². The van der Waals surface area contributed by atoms with Crippen LogP contribution in [0, 0.1) is 11.8 Å². The topological polar surface area (TPSA) is 59.6 Å². The number of benzene rings is 1. The largest absolute Gasteiger partial charge is 0.368 e. The SMILES string of the molecule is CNC(=S)Nc1nc(N2CCN(c3ccccc3)CC2)cc(N2C[C@H](C)C[C@@H](C)C2)n1. The lowest BCUT2D eigenvalue weighted by Crippen LogP contribution is -2.47. The van der Waals surface area contributed by atoms with Crippen molar-refractivity contribution in [3.05, 3.63) is 36.4 Å². The van der Waals surface area contributed by atoms with Crippen LogP contribution in [-0.4, -0.2) is 61.4 Å². The molecule has 1 aromatic heterocycles. The van der Waals surface area contributed by atoms with E-state index in [0.29, 0.717) is 22.9 Å². The number of hydrogen-bond donors (Lipinski definition) is 2. The van der Waals surface area contributed by atoms with Gasteiger partial charge in [0.1, 0.15) is 11.6 Å². The maximum Gasteiger partial charge on any atom is 0.232 e. The molecule has 2 aliphatic rings. The Balaban J connectivity index is 1.55. The Morgan fingerprint density at radius 2 is 1.48 bits per heavy atom. The van der Waals surface area contributed by atoms with Crippen molar-refractivity contribution in [3.8, 4) is 0 Å². The molecular weight excluding hydrogens is 406 g/mol. The van der Waals surface area contributed by atoms with Crippen molar-refractivity contribution in [3.63, 3.8) is 0 Å². The van der Waals surface area contributed by atoms with Gasteiger partial charge in [-0.1, -0.05) is 32.0 Å². The van der Waals surface area contributed by atoms with E-state index in [-0.39, 0.29) is 0 Å². The van der Waals surface area contributed by atoms with E-state index < -0.39 is 0 Å². The molecule has 0 saturated carbocycles. The summed E-state index contributed by atoms with van der Waals surface area (Å²) in [7, 11) is 1.80. The Morgan fingerprint density at radius 3 is 2.10 bits per heavy atom. The lowest BCUT2D eigenvalue weighted by atomic mass is 9.92. The van der Waals surface area contributed by atoms with Crippen LogP contribution in [0.15, 0.2) is 36.4 Å². The molecular formula is C23H33N7S. The number of nitrogens with one attached hydrogen (secondary N) is 2. The number of piperazine rings is 1. The van der Waals surface area contributed by atoms with Crippen molar-refractivity contribution in [1.82, 2.24) is 15.3 Å². The summed E-state index contributed by atoms with van der Waals surface area (Å²) in [5.41, 5.74) is 1.28. The maximum absolute atomic E-state index is 5.31. The monoisotopic (exact) mass is 439 g/mol. The van der Waals surface area contributed by atoms with Gasteiger partial charge in [0, 0.05) is 58.1 Å². The van der Waals surface area contributed by atoms with Crippen molar-refractivity contribution in [2.45, 2.75) is 20.3 Å². The van der Waals surface area contributed by atoms with Gasteiger partial charge in [0.15, 0.2) is 5.11 Å². The van der Waals surface area contributed by atoms with Gasteiger partial charge in [-0.25, -0.2) is 0 Å². The van der Waals surface area contributed by atoms with Gasteiger partial charge in [-0.3, -0.25) is 0 Å². The molecule has 2 atom stereocenters. The molecule has 2 aromatic rings. The second-order valence-corrected chi connectivity index (χ2v) is 9.18. The van der Waals surface area contributed by atoms with Crippen LogP contribution in [0.4, 0.5) is 23.3 Å². The molecule has 0 amide bonds. The lowest BCUT2D eigenvalue weighted by Gasteiger charge is -2.38. The number of anilines is 4. The summed E-state index contributed by atoms with van der Waals surface area (Å²) >= 11 is 5.31. The van der Waals surface area contributed by atoms with Gasteiger partial charge in [0.25, 0.3) is 0 Å². The summed E-state index contributed by atoms with van der Waals surface area (Å²) in [6, 6.07) is 12.8. The van der Waals surface area contributed by atoms with E-state index in [4.69, 9.17) is 22.2 Å². The van der Waals surface area contributed by atoms with Gasteiger partial charge in [-0.15, -0.1) is 0 Å². The second kappa shape index (κ2) is 9.68. The van der Waals surface area contributed by atoms with Crippen LogP contribution >= 0.6 is 12.2 Å². The highest BCUT2D eigenvalue weighted by Crippen LogP contribution is 2.29. The fraction of sp³-hybridized carbons (Fsp3) is 0.522. The van der Waals surface area contributed by atoms with Crippen molar-refractivity contribution in [2.24, 2.45) is 11.8 Å². The van der Waals surface area contributed by atoms with Crippen molar-refractivity contribution >= 4 is 40.6 Å². The first-order valence-electron chi connectivity index (χ1n) is 11.2. The Hall–Kier alpha value is -2.61. The zero-order chi connectivity index (χ0) is 21.8.